The molecule has 0 fully saturated rings. The SMILES string of the molecule is CC=C(C=C(C)Br)C(=O)C(C)(C)C. The lowest BCUT2D eigenvalue weighted by molar-refractivity contribution is -0.122. The van der Waals surface area contributed by atoms with Crippen LogP contribution in [0.15, 0.2) is 22.2 Å². The first-order chi connectivity index (χ1) is 5.79. The number of ketones is 1. The van der Waals surface area contributed by atoms with E-state index in [1.54, 1.807) is 0 Å². The Morgan fingerprint density at radius 1 is 1.31 bits per heavy atom. The van der Waals surface area contributed by atoms with Crippen LogP contribution in [0, 0.1) is 5.41 Å². The summed E-state index contributed by atoms with van der Waals surface area (Å²) in [4.78, 5) is 11.8. The van der Waals surface area contributed by atoms with Crippen LogP contribution in [0.5, 0.6) is 0 Å². The Kier molecular flexibility index (Phi) is 4.62. The van der Waals surface area contributed by atoms with Crippen molar-refractivity contribution in [2.24, 2.45) is 5.41 Å². The molecule has 0 aliphatic carbocycles. The highest BCUT2D eigenvalue weighted by atomic mass is 79.9. The van der Waals surface area contributed by atoms with Crippen LogP contribution in [0.25, 0.3) is 0 Å². The first-order valence-corrected chi connectivity index (χ1v) is 5.13. The van der Waals surface area contributed by atoms with Crippen LogP contribution < -0.4 is 0 Å². The predicted octanol–water partition coefficient (Wildman–Crippen LogP) is 3.85. The molecule has 0 saturated carbocycles. The summed E-state index contributed by atoms with van der Waals surface area (Å²) in [7, 11) is 0. The summed E-state index contributed by atoms with van der Waals surface area (Å²) in [5.41, 5.74) is 0.461. The summed E-state index contributed by atoms with van der Waals surface area (Å²) in [6, 6.07) is 0. The fourth-order valence-corrected chi connectivity index (χ4v) is 1.17. The maximum Gasteiger partial charge on any atom is 0.167 e. The Morgan fingerprint density at radius 3 is 2.00 bits per heavy atom. The summed E-state index contributed by atoms with van der Waals surface area (Å²) in [5, 5.41) is 0. The van der Waals surface area contributed by atoms with Crippen LogP contribution in [0.2, 0.25) is 0 Å². The molecule has 0 N–H and O–H groups in total. The number of allylic oxidation sites excluding steroid dienone is 4. The lowest BCUT2D eigenvalue weighted by Crippen LogP contribution is -2.21. The minimum Gasteiger partial charge on any atom is -0.294 e. The van der Waals surface area contributed by atoms with Gasteiger partial charge in [-0.15, -0.1) is 0 Å². The van der Waals surface area contributed by atoms with Gasteiger partial charge in [0.2, 0.25) is 0 Å². The summed E-state index contributed by atoms with van der Waals surface area (Å²) in [6.07, 6.45) is 3.70. The molecule has 0 heterocycles. The Balaban J connectivity index is 4.85. The van der Waals surface area contributed by atoms with E-state index in [0.717, 1.165) is 10.1 Å². The van der Waals surface area contributed by atoms with Gasteiger partial charge in [-0.05, 0) is 24.4 Å². The van der Waals surface area contributed by atoms with E-state index in [2.05, 4.69) is 15.9 Å². The van der Waals surface area contributed by atoms with Gasteiger partial charge in [0.15, 0.2) is 5.78 Å². The zero-order valence-corrected chi connectivity index (χ0v) is 10.5. The molecule has 0 rings (SSSR count). The van der Waals surface area contributed by atoms with E-state index in [1.165, 1.54) is 0 Å². The number of hydrogen-bond donors (Lipinski definition) is 0. The van der Waals surface area contributed by atoms with Crippen molar-refractivity contribution in [3.05, 3.63) is 22.2 Å². The van der Waals surface area contributed by atoms with E-state index in [-0.39, 0.29) is 11.2 Å². The minimum atomic E-state index is -0.305. The van der Waals surface area contributed by atoms with Crippen molar-refractivity contribution in [3.63, 3.8) is 0 Å². The normalized spacial score (nSPS) is 14.6. The molecule has 0 radical (unpaired) electrons. The van der Waals surface area contributed by atoms with Gasteiger partial charge >= 0.3 is 0 Å². The topological polar surface area (TPSA) is 17.1 Å². The molecule has 74 valence electrons. The van der Waals surface area contributed by atoms with Crippen LogP contribution in [0.3, 0.4) is 0 Å². The number of halogens is 1. The Morgan fingerprint density at radius 2 is 1.77 bits per heavy atom. The third kappa shape index (κ3) is 4.41. The van der Waals surface area contributed by atoms with E-state index < -0.39 is 0 Å². The molecule has 0 aromatic rings. The van der Waals surface area contributed by atoms with E-state index in [4.69, 9.17) is 0 Å². The Bertz CT molecular complexity index is 250. The van der Waals surface area contributed by atoms with Crippen molar-refractivity contribution in [1.29, 1.82) is 0 Å². The van der Waals surface area contributed by atoms with Crippen LogP contribution in [-0.4, -0.2) is 5.78 Å². The Labute approximate surface area is 89.0 Å². The highest BCUT2D eigenvalue weighted by molar-refractivity contribution is 9.11. The van der Waals surface area contributed by atoms with Crippen molar-refractivity contribution < 1.29 is 4.79 Å². The summed E-state index contributed by atoms with van der Waals surface area (Å²) < 4.78 is 0.971. The quantitative estimate of drug-likeness (QED) is 0.533. The van der Waals surface area contributed by atoms with Gasteiger partial charge < -0.3 is 0 Å². The number of carbonyl (C=O) groups excluding carboxylic acids is 1. The smallest absolute Gasteiger partial charge is 0.167 e. The summed E-state index contributed by atoms with van der Waals surface area (Å²) >= 11 is 3.32. The van der Waals surface area contributed by atoms with Gasteiger partial charge in [0.1, 0.15) is 0 Å². The monoisotopic (exact) mass is 244 g/mol. The molecule has 2 heteroatoms. The van der Waals surface area contributed by atoms with Crippen LogP contribution in [-0.2, 0) is 4.79 Å². The maximum absolute atomic E-state index is 11.8. The molecular weight excluding hydrogens is 228 g/mol. The van der Waals surface area contributed by atoms with Gasteiger partial charge in [-0.25, -0.2) is 0 Å². The van der Waals surface area contributed by atoms with E-state index in [1.807, 2.05) is 46.8 Å². The number of rotatable bonds is 2. The number of hydrogen-bond acceptors (Lipinski definition) is 1. The molecular formula is C11H17BrO. The number of carbonyl (C=O) groups is 1. The maximum atomic E-state index is 11.8. The van der Waals surface area contributed by atoms with Gasteiger partial charge in [-0.3, -0.25) is 4.79 Å². The molecule has 13 heavy (non-hydrogen) atoms. The molecule has 0 aliphatic rings. The average Bonchev–Trinajstić information content (AvgIpc) is 1.96. The molecule has 0 aliphatic heterocycles. The standard InChI is InChI=1S/C11H17BrO/c1-6-9(7-8(2)12)10(13)11(3,4)5/h6-7H,1-5H3. The second kappa shape index (κ2) is 4.75. The van der Waals surface area contributed by atoms with Crippen LogP contribution >= 0.6 is 15.9 Å². The lowest BCUT2D eigenvalue weighted by Gasteiger charge is -2.17. The first-order valence-electron chi connectivity index (χ1n) is 4.34. The van der Waals surface area contributed by atoms with Gasteiger partial charge in [-0.2, -0.15) is 0 Å². The fraction of sp³-hybridized carbons (Fsp3) is 0.545. The minimum absolute atomic E-state index is 0.175. The molecule has 0 aromatic heterocycles. The van der Waals surface area contributed by atoms with Gasteiger partial charge in [0, 0.05) is 11.0 Å². The van der Waals surface area contributed by atoms with Crippen LogP contribution in [0.4, 0.5) is 0 Å². The van der Waals surface area contributed by atoms with Gasteiger partial charge in [0.05, 0.1) is 0 Å². The van der Waals surface area contributed by atoms with Gasteiger partial charge in [0.25, 0.3) is 0 Å². The van der Waals surface area contributed by atoms with Crippen LogP contribution in [0.1, 0.15) is 34.6 Å². The number of Topliss-reactive ketones (excluding diaryl/α,β-unsaturated/α-hetero) is 1. The average molecular weight is 245 g/mol. The van der Waals surface area contributed by atoms with Crippen molar-refractivity contribution >= 4 is 21.7 Å². The molecule has 0 unspecified atom stereocenters. The summed E-state index contributed by atoms with van der Waals surface area (Å²) in [6.45, 7) is 9.58. The highest BCUT2D eigenvalue weighted by Crippen LogP contribution is 2.22. The van der Waals surface area contributed by atoms with Crippen molar-refractivity contribution in [2.45, 2.75) is 34.6 Å². The van der Waals surface area contributed by atoms with Crippen molar-refractivity contribution in [3.8, 4) is 0 Å². The first kappa shape index (κ1) is 12.6. The molecule has 0 atom stereocenters. The molecule has 0 amide bonds. The molecule has 0 saturated heterocycles. The molecule has 0 spiro atoms. The zero-order valence-electron chi connectivity index (χ0n) is 8.94. The van der Waals surface area contributed by atoms with E-state index in [0.29, 0.717) is 0 Å². The second-order valence-electron chi connectivity index (χ2n) is 4.05. The Hall–Kier alpha value is -0.370. The molecule has 1 nitrogen and oxygen atoms in total. The largest absolute Gasteiger partial charge is 0.294 e. The zero-order chi connectivity index (χ0) is 10.6. The lowest BCUT2D eigenvalue weighted by atomic mass is 9.86. The van der Waals surface area contributed by atoms with E-state index in [9.17, 15) is 4.79 Å². The third-order valence-electron chi connectivity index (χ3n) is 1.61. The second-order valence-corrected chi connectivity index (χ2v) is 5.31. The van der Waals surface area contributed by atoms with Crippen molar-refractivity contribution in [2.75, 3.05) is 0 Å². The fourth-order valence-electron chi connectivity index (χ4n) is 0.927. The highest BCUT2D eigenvalue weighted by Gasteiger charge is 2.23. The molecule has 0 bridgehead atoms. The van der Waals surface area contributed by atoms with Gasteiger partial charge in [-0.1, -0.05) is 42.8 Å². The van der Waals surface area contributed by atoms with E-state index >= 15 is 0 Å². The van der Waals surface area contributed by atoms with Crippen molar-refractivity contribution in [1.82, 2.24) is 0 Å². The molecule has 0 aromatic carbocycles. The third-order valence-corrected chi connectivity index (χ3v) is 1.84. The summed E-state index contributed by atoms with van der Waals surface area (Å²) in [5.74, 6) is 0.175. The predicted molar refractivity (Wildman–Crippen MR) is 60.9 cm³/mol.